The number of fused-ring (bicyclic) bond motifs is 1. The van der Waals surface area contributed by atoms with E-state index in [1.54, 1.807) is 13.0 Å². The molecule has 2 N–H and O–H groups in total. The van der Waals surface area contributed by atoms with Crippen molar-refractivity contribution in [2.75, 3.05) is 18.1 Å². The lowest BCUT2D eigenvalue weighted by Crippen LogP contribution is -2.45. The zero-order valence-corrected chi connectivity index (χ0v) is 16.7. The average Bonchev–Trinajstić information content (AvgIpc) is 3.12. The predicted molar refractivity (Wildman–Crippen MR) is 107 cm³/mol. The predicted octanol–water partition coefficient (Wildman–Crippen LogP) is 0.910. The molecule has 2 aliphatic rings. The fourth-order valence-electron chi connectivity index (χ4n) is 3.86. The molecule has 4 rings (SSSR count). The Kier molecular flexibility index (Phi) is 4.57. The maximum atomic E-state index is 13.0. The molecule has 4 amide bonds. The highest BCUT2D eigenvalue weighted by atomic mass is 32.2. The first-order valence-electron chi connectivity index (χ1n) is 9.31. The Labute approximate surface area is 168 Å². The van der Waals surface area contributed by atoms with E-state index < -0.39 is 45.8 Å². The lowest BCUT2D eigenvalue weighted by molar-refractivity contribution is -0.135. The van der Waals surface area contributed by atoms with Gasteiger partial charge in [-0.1, -0.05) is 36.4 Å². The molecule has 0 aliphatic carbocycles. The van der Waals surface area contributed by atoms with Crippen molar-refractivity contribution in [3.63, 3.8) is 0 Å². The molecule has 152 valence electrons. The van der Waals surface area contributed by atoms with E-state index in [1.807, 2.05) is 36.4 Å². The summed E-state index contributed by atoms with van der Waals surface area (Å²) >= 11 is 0. The Morgan fingerprint density at radius 2 is 1.93 bits per heavy atom. The van der Waals surface area contributed by atoms with Crippen molar-refractivity contribution in [2.45, 2.75) is 24.9 Å². The first-order valence-corrected chi connectivity index (χ1v) is 11.1. The molecule has 0 bridgehead atoms. The molecule has 2 aliphatic heterocycles. The normalized spacial score (nSPS) is 26.0. The Hall–Kier alpha value is -2.94. The summed E-state index contributed by atoms with van der Waals surface area (Å²) in [5.41, 5.74) is -0.655. The van der Waals surface area contributed by atoms with Crippen LogP contribution in [0.4, 0.5) is 4.79 Å². The van der Waals surface area contributed by atoms with Gasteiger partial charge in [0.2, 0.25) is 5.91 Å². The van der Waals surface area contributed by atoms with Crippen LogP contribution in [0.15, 0.2) is 42.5 Å². The van der Waals surface area contributed by atoms with Crippen molar-refractivity contribution in [3.05, 3.63) is 48.0 Å². The summed E-state index contributed by atoms with van der Waals surface area (Å²) in [4.78, 5) is 38.6. The highest BCUT2D eigenvalue weighted by molar-refractivity contribution is 7.91. The Bertz CT molecular complexity index is 1130. The molecule has 0 radical (unpaired) electrons. The largest absolute Gasteiger partial charge is 0.351 e. The molecule has 2 fully saturated rings. The van der Waals surface area contributed by atoms with Gasteiger partial charge in [0.05, 0.1) is 11.5 Å². The van der Waals surface area contributed by atoms with Crippen molar-refractivity contribution in [3.8, 4) is 0 Å². The third kappa shape index (κ3) is 3.57. The monoisotopic (exact) mass is 415 g/mol. The van der Waals surface area contributed by atoms with E-state index in [-0.39, 0.29) is 11.5 Å². The molecule has 0 spiro atoms. The molecule has 2 aromatic rings. The van der Waals surface area contributed by atoms with Crippen molar-refractivity contribution in [2.24, 2.45) is 0 Å². The smallest absolute Gasteiger partial charge is 0.325 e. The number of sulfone groups is 1. The van der Waals surface area contributed by atoms with Gasteiger partial charge in [-0.15, -0.1) is 0 Å². The SMILES string of the molecule is C[C@]1(c2ccc3ccccc3c2)NC(=O)N(CC(=O)N[C@@H]2CCS(=O)(=O)C2)C1=O. The van der Waals surface area contributed by atoms with E-state index >= 15 is 0 Å². The fraction of sp³-hybridized carbons (Fsp3) is 0.350. The molecule has 2 heterocycles. The van der Waals surface area contributed by atoms with Crippen molar-refractivity contribution in [1.29, 1.82) is 0 Å². The van der Waals surface area contributed by atoms with Crippen molar-refractivity contribution in [1.82, 2.24) is 15.5 Å². The molecule has 0 aromatic heterocycles. The van der Waals surface area contributed by atoms with Crippen LogP contribution in [0.2, 0.25) is 0 Å². The van der Waals surface area contributed by atoms with Crippen LogP contribution in [0.3, 0.4) is 0 Å². The zero-order valence-electron chi connectivity index (χ0n) is 15.8. The molecular weight excluding hydrogens is 394 g/mol. The molecule has 0 unspecified atom stereocenters. The maximum Gasteiger partial charge on any atom is 0.325 e. The van der Waals surface area contributed by atoms with Gasteiger partial charge in [0, 0.05) is 6.04 Å². The summed E-state index contributed by atoms with van der Waals surface area (Å²) in [7, 11) is -3.14. The number of amides is 4. The lowest BCUT2D eigenvalue weighted by Gasteiger charge is -2.23. The number of rotatable bonds is 4. The van der Waals surface area contributed by atoms with E-state index in [0.717, 1.165) is 15.7 Å². The van der Waals surface area contributed by atoms with Crippen LogP contribution in [0.5, 0.6) is 0 Å². The van der Waals surface area contributed by atoms with Gasteiger partial charge in [0.25, 0.3) is 5.91 Å². The van der Waals surface area contributed by atoms with E-state index in [0.29, 0.717) is 12.0 Å². The number of benzene rings is 2. The van der Waals surface area contributed by atoms with Crippen LogP contribution in [0, 0.1) is 0 Å². The Morgan fingerprint density at radius 3 is 2.62 bits per heavy atom. The third-order valence-corrected chi connectivity index (χ3v) is 7.27. The van der Waals surface area contributed by atoms with Gasteiger partial charge >= 0.3 is 6.03 Å². The lowest BCUT2D eigenvalue weighted by atomic mass is 9.90. The van der Waals surface area contributed by atoms with Gasteiger partial charge < -0.3 is 10.6 Å². The molecule has 9 heteroatoms. The Balaban J connectivity index is 1.51. The van der Waals surface area contributed by atoms with Crippen molar-refractivity contribution >= 4 is 38.5 Å². The minimum Gasteiger partial charge on any atom is -0.351 e. The molecule has 2 atom stereocenters. The van der Waals surface area contributed by atoms with E-state index in [4.69, 9.17) is 0 Å². The van der Waals surface area contributed by atoms with Crippen LogP contribution in [0.25, 0.3) is 10.8 Å². The fourth-order valence-corrected chi connectivity index (χ4v) is 5.54. The van der Waals surface area contributed by atoms with Crippen LogP contribution in [-0.2, 0) is 25.0 Å². The maximum absolute atomic E-state index is 13.0. The van der Waals surface area contributed by atoms with Gasteiger partial charge in [-0.3, -0.25) is 14.5 Å². The summed E-state index contributed by atoms with van der Waals surface area (Å²) in [6.07, 6.45) is 0.336. The second-order valence-electron chi connectivity index (χ2n) is 7.68. The summed E-state index contributed by atoms with van der Waals surface area (Å²) in [5, 5.41) is 7.24. The highest BCUT2D eigenvalue weighted by Crippen LogP contribution is 2.31. The molecular formula is C20H21N3O5S. The van der Waals surface area contributed by atoms with E-state index in [2.05, 4.69) is 10.6 Å². The highest BCUT2D eigenvalue weighted by Gasteiger charge is 2.49. The van der Waals surface area contributed by atoms with Crippen LogP contribution in [-0.4, -0.2) is 55.3 Å². The average molecular weight is 415 g/mol. The molecule has 8 nitrogen and oxygen atoms in total. The van der Waals surface area contributed by atoms with Gasteiger partial charge in [-0.2, -0.15) is 0 Å². The summed E-state index contributed by atoms with van der Waals surface area (Å²) in [5.74, 6) is -1.17. The van der Waals surface area contributed by atoms with Gasteiger partial charge in [0.1, 0.15) is 12.1 Å². The summed E-state index contributed by atoms with van der Waals surface area (Å²) in [6, 6.07) is 12.1. The number of nitrogens with one attached hydrogen (secondary N) is 2. The zero-order chi connectivity index (χ0) is 20.8. The minimum atomic E-state index is -3.14. The molecule has 2 aromatic carbocycles. The Morgan fingerprint density at radius 1 is 1.21 bits per heavy atom. The van der Waals surface area contributed by atoms with Crippen LogP contribution in [0.1, 0.15) is 18.9 Å². The van der Waals surface area contributed by atoms with Crippen LogP contribution >= 0.6 is 0 Å². The first-order chi connectivity index (χ1) is 13.7. The number of hydrogen-bond acceptors (Lipinski definition) is 5. The van der Waals surface area contributed by atoms with Crippen molar-refractivity contribution < 1.29 is 22.8 Å². The topological polar surface area (TPSA) is 113 Å². The number of imide groups is 1. The van der Waals surface area contributed by atoms with Gasteiger partial charge in [0.15, 0.2) is 9.84 Å². The second-order valence-corrected chi connectivity index (χ2v) is 9.90. The first kappa shape index (κ1) is 19.4. The summed E-state index contributed by atoms with van der Waals surface area (Å²) < 4.78 is 23.1. The van der Waals surface area contributed by atoms with Gasteiger partial charge in [-0.25, -0.2) is 13.2 Å². The van der Waals surface area contributed by atoms with E-state index in [1.165, 1.54) is 0 Å². The van der Waals surface area contributed by atoms with Crippen LogP contribution < -0.4 is 10.6 Å². The summed E-state index contributed by atoms with van der Waals surface area (Å²) in [6.45, 7) is 1.16. The number of carbonyl (C=O) groups is 3. The van der Waals surface area contributed by atoms with E-state index in [9.17, 15) is 22.8 Å². The molecule has 2 saturated heterocycles. The number of carbonyl (C=O) groups excluding carboxylic acids is 3. The second kappa shape index (κ2) is 6.84. The number of nitrogens with zero attached hydrogens (tertiary/aromatic N) is 1. The third-order valence-electron chi connectivity index (χ3n) is 5.50. The number of urea groups is 1. The quantitative estimate of drug-likeness (QED) is 0.721. The molecule has 0 saturated carbocycles. The number of hydrogen-bond donors (Lipinski definition) is 2. The standard InChI is InChI=1S/C20H21N3O5S/c1-20(15-7-6-13-4-2-3-5-14(13)10-15)18(25)23(19(26)22-20)11-17(24)21-16-8-9-29(27,28)12-16/h2-7,10,16H,8-9,11-12H2,1H3,(H,21,24)(H,22,26)/t16-,20-/m1/s1. The van der Waals surface area contributed by atoms with Gasteiger partial charge in [-0.05, 0) is 35.7 Å². The minimum absolute atomic E-state index is 0.0289. The molecule has 29 heavy (non-hydrogen) atoms.